The van der Waals surface area contributed by atoms with Crippen LogP contribution in [0.2, 0.25) is 0 Å². The number of carbonyl (C=O) groups excluding carboxylic acids is 1. The second-order valence-corrected chi connectivity index (χ2v) is 7.46. The Morgan fingerprint density at radius 3 is 1.94 bits per heavy atom. The molecule has 0 heterocycles. The highest BCUT2D eigenvalue weighted by atomic mass is 32.2. The van der Waals surface area contributed by atoms with E-state index in [9.17, 15) is 13.2 Å². The minimum absolute atomic E-state index is 0.304. The second-order valence-electron chi connectivity index (χ2n) is 4.96. The number of hydrogen-bond donors (Lipinski definition) is 0. The van der Waals surface area contributed by atoms with Crippen molar-refractivity contribution < 1.29 is 13.2 Å². The molecule has 0 unspecified atom stereocenters. The summed E-state index contributed by atoms with van der Waals surface area (Å²) in [7, 11) is -3.23. The molecule has 17 heavy (non-hydrogen) atoms. The van der Waals surface area contributed by atoms with Gasteiger partial charge in [-0.2, -0.15) is 0 Å². The first kappa shape index (κ1) is 13.9. The molecule has 0 aliphatic rings. The zero-order valence-corrected chi connectivity index (χ0v) is 11.4. The fourth-order valence-corrected chi connectivity index (χ4v) is 2.47. The predicted octanol–water partition coefficient (Wildman–Crippen LogP) is 2.35. The summed E-state index contributed by atoms with van der Waals surface area (Å²) >= 11 is 0. The molecule has 0 saturated carbocycles. The third-order valence-electron chi connectivity index (χ3n) is 2.84. The van der Waals surface area contributed by atoms with E-state index in [2.05, 4.69) is 0 Å². The summed E-state index contributed by atoms with van der Waals surface area (Å²) in [5.74, 6) is 0. The van der Waals surface area contributed by atoms with Gasteiger partial charge >= 0.3 is 0 Å². The van der Waals surface area contributed by atoms with Crippen LogP contribution in [0.3, 0.4) is 0 Å². The van der Waals surface area contributed by atoms with E-state index in [1.807, 2.05) is 0 Å². The Hall–Kier alpha value is -1.16. The second kappa shape index (κ2) is 4.61. The number of hydrogen-bond acceptors (Lipinski definition) is 3. The maximum Gasteiger partial charge on any atom is 0.180 e. The van der Waals surface area contributed by atoms with Crippen molar-refractivity contribution in [2.75, 3.05) is 0 Å². The lowest BCUT2D eigenvalue weighted by Gasteiger charge is -2.17. The molecule has 1 rings (SSSR count). The molecule has 0 radical (unpaired) electrons. The third-order valence-corrected chi connectivity index (χ3v) is 5.01. The molecule has 0 bridgehead atoms. The summed E-state index contributed by atoms with van der Waals surface area (Å²) in [5, 5.41) is -0.438. The Morgan fingerprint density at radius 2 is 1.59 bits per heavy atom. The van der Waals surface area contributed by atoms with Crippen molar-refractivity contribution in [1.29, 1.82) is 0 Å². The van der Waals surface area contributed by atoms with Crippen LogP contribution in [0.15, 0.2) is 29.2 Å². The number of carbonyl (C=O) groups is 1. The highest BCUT2D eigenvalue weighted by Crippen LogP contribution is 2.23. The number of rotatable bonds is 4. The topological polar surface area (TPSA) is 51.2 Å². The van der Waals surface area contributed by atoms with Gasteiger partial charge in [-0.15, -0.1) is 0 Å². The van der Waals surface area contributed by atoms with Crippen molar-refractivity contribution in [2.45, 2.75) is 43.3 Å². The van der Waals surface area contributed by atoms with E-state index in [0.717, 1.165) is 11.8 Å². The number of sulfone groups is 1. The normalized spacial score (nSPS) is 12.8. The summed E-state index contributed by atoms with van der Waals surface area (Å²) < 4.78 is 23.8. The van der Waals surface area contributed by atoms with Crippen LogP contribution in [-0.4, -0.2) is 20.0 Å². The molecule has 1 aromatic rings. The van der Waals surface area contributed by atoms with Gasteiger partial charge in [0.2, 0.25) is 0 Å². The van der Waals surface area contributed by atoms with Crippen LogP contribution >= 0.6 is 0 Å². The number of aldehydes is 1. The highest BCUT2D eigenvalue weighted by molar-refractivity contribution is 7.92. The lowest BCUT2D eigenvalue weighted by molar-refractivity contribution is -0.111. The summed E-state index contributed by atoms with van der Waals surface area (Å²) in [5.41, 5.74) is 0.232. The Kier molecular flexibility index (Phi) is 3.77. The van der Waals surface area contributed by atoms with Crippen LogP contribution in [0.1, 0.15) is 33.3 Å². The summed E-state index contributed by atoms with van der Waals surface area (Å²) in [6.45, 7) is 6.90. The van der Waals surface area contributed by atoms with Gasteiger partial charge in [-0.1, -0.05) is 12.1 Å². The molecule has 4 heteroatoms. The van der Waals surface area contributed by atoms with Crippen LogP contribution in [-0.2, 0) is 20.0 Å². The van der Waals surface area contributed by atoms with Gasteiger partial charge in [-0.3, -0.25) is 0 Å². The van der Waals surface area contributed by atoms with Crippen LogP contribution in [0.4, 0.5) is 0 Å². The maximum absolute atomic E-state index is 11.9. The van der Waals surface area contributed by atoms with E-state index < -0.39 is 20.5 Å². The van der Waals surface area contributed by atoms with Crippen molar-refractivity contribution in [3.05, 3.63) is 29.8 Å². The average Bonchev–Trinajstić information content (AvgIpc) is 2.29. The van der Waals surface area contributed by atoms with Gasteiger partial charge in [-0.05, 0) is 45.4 Å². The Morgan fingerprint density at radius 1 is 1.12 bits per heavy atom. The van der Waals surface area contributed by atoms with Gasteiger partial charge in [-0.25, -0.2) is 8.42 Å². The van der Waals surface area contributed by atoms with Crippen LogP contribution in [0, 0.1) is 0 Å². The van der Waals surface area contributed by atoms with Crippen LogP contribution in [0.5, 0.6) is 0 Å². The molecular formula is C13H18O3S. The van der Waals surface area contributed by atoms with Crippen LogP contribution < -0.4 is 0 Å². The summed E-state index contributed by atoms with van der Waals surface area (Å²) in [6.07, 6.45) is 0.860. The minimum atomic E-state index is -3.23. The van der Waals surface area contributed by atoms with Gasteiger partial charge in [0, 0.05) is 5.41 Å². The fourth-order valence-electron chi connectivity index (χ4n) is 1.41. The van der Waals surface area contributed by atoms with E-state index in [4.69, 9.17) is 0 Å². The van der Waals surface area contributed by atoms with E-state index in [0.29, 0.717) is 4.90 Å². The molecule has 94 valence electrons. The van der Waals surface area contributed by atoms with Gasteiger partial charge in [0.15, 0.2) is 9.84 Å². The molecule has 0 atom stereocenters. The molecular weight excluding hydrogens is 236 g/mol. The lowest BCUT2D eigenvalue weighted by atomic mass is 9.87. The van der Waals surface area contributed by atoms with E-state index in [1.165, 1.54) is 0 Å². The molecule has 0 N–H and O–H groups in total. The monoisotopic (exact) mass is 254 g/mol. The van der Waals surface area contributed by atoms with E-state index in [-0.39, 0.29) is 0 Å². The Labute approximate surface area is 103 Å². The van der Waals surface area contributed by atoms with Gasteiger partial charge in [0.25, 0.3) is 0 Å². The lowest BCUT2D eigenvalue weighted by Crippen LogP contribution is -2.19. The van der Waals surface area contributed by atoms with Crippen LogP contribution in [0.25, 0.3) is 0 Å². The van der Waals surface area contributed by atoms with Crippen molar-refractivity contribution >= 4 is 16.1 Å². The number of benzene rings is 1. The molecule has 0 aliphatic heterocycles. The fraction of sp³-hybridized carbons (Fsp3) is 0.462. The Bertz CT molecular complexity index is 496. The quantitative estimate of drug-likeness (QED) is 0.775. The Balaban J connectivity index is 3.18. The molecule has 0 aromatic heterocycles. The van der Waals surface area contributed by atoms with Gasteiger partial charge < -0.3 is 4.79 Å². The molecule has 3 nitrogen and oxygen atoms in total. The first-order valence-corrected chi connectivity index (χ1v) is 7.07. The molecule has 1 aromatic carbocycles. The van der Waals surface area contributed by atoms with Crippen molar-refractivity contribution in [2.24, 2.45) is 0 Å². The predicted molar refractivity (Wildman–Crippen MR) is 67.9 cm³/mol. The molecule has 0 fully saturated rings. The zero-order chi connectivity index (χ0) is 13.3. The summed E-state index contributed by atoms with van der Waals surface area (Å²) in [4.78, 5) is 11.2. The zero-order valence-electron chi connectivity index (χ0n) is 10.6. The van der Waals surface area contributed by atoms with E-state index in [1.54, 1.807) is 52.0 Å². The standard InChI is InChI=1S/C13H18O3S/c1-10(2)17(15,16)12-7-5-11(6-8-12)13(3,4)9-14/h5-10H,1-4H3. The third kappa shape index (κ3) is 2.75. The molecule has 0 amide bonds. The first-order valence-electron chi connectivity index (χ1n) is 5.52. The van der Waals surface area contributed by atoms with Gasteiger partial charge in [0.05, 0.1) is 10.1 Å². The summed E-state index contributed by atoms with van der Waals surface area (Å²) in [6, 6.07) is 6.53. The van der Waals surface area contributed by atoms with Crippen molar-refractivity contribution in [1.82, 2.24) is 0 Å². The SMILES string of the molecule is CC(C)S(=O)(=O)c1ccc(C(C)(C)C=O)cc1. The van der Waals surface area contributed by atoms with Crippen molar-refractivity contribution in [3.63, 3.8) is 0 Å². The largest absolute Gasteiger partial charge is 0.302 e. The molecule has 0 spiro atoms. The highest BCUT2D eigenvalue weighted by Gasteiger charge is 2.22. The van der Waals surface area contributed by atoms with Gasteiger partial charge in [0.1, 0.15) is 6.29 Å². The maximum atomic E-state index is 11.9. The first-order chi connectivity index (χ1) is 7.71. The van der Waals surface area contributed by atoms with E-state index >= 15 is 0 Å². The minimum Gasteiger partial charge on any atom is -0.302 e. The smallest absolute Gasteiger partial charge is 0.180 e. The molecule has 0 aliphatic carbocycles. The molecule has 0 saturated heterocycles. The average molecular weight is 254 g/mol. The van der Waals surface area contributed by atoms with Crippen molar-refractivity contribution in [3.8, 4) is 0 Å².